The maximum Gasteiger partial charge on any atom is 0.311 e. The Balaban J connectivity index is 1.74. The Kier molecular flexibility index (Phi) is 4.11. The summed E-state index contributed by atoms with van der Waals surface area (Å²) in [7, 11) is 0. The molecule has 1 heterocycles. The molecule has 24 heavy (non-hydrogen) atoms. The zero-order valence-electron chi connectivity index (χ0n) is 14.3. The smallest absolute Gasteiger partial charge is 0.311 e. The summed E-state index contributed by atoms with van der Waals surface area (Å²) in [5.74, 6) is -0.596. The summed E-state index contributed by atoms with van der Waals surface area (Å²) in [6.45, 7) is 6.54. The average molecular weight is 329 g/mol. The molecule has 0 atom stereocenters. The third-order valence-electron chi connectivity index (χ3n) is 4.95. The molecule has 2 N–H and O–H groups in total. The monoisotopic (exact) mass is 329 g/mol. The molecule has 0 aliphatic heterocycles. The topological polar surface area (TPSA) is 79.5 Å². The predicted molar refractivity (Wildman–Crippen MR) is 91.1 cm³/mol. The maximum absolute atomic E-state index is 12.2. The first-order valence-corrected chi connectivity index (χ1v) is 8.33. The standard InChI is InChI=1S/C19H23NO4/c1-11(2)14-8-15-13(9-24-16(15)6-12(14)3)7-17(21)20-10-19(4-5-19)18(22)23/h6,8-9,11H,4-5,7,10H2,1-3H3,(H,20,21)(H,22,23). The molecular formula is C19H23NO4. The number of furan rings is 1. The van der Waals surface area contributed by atoms with Crippen molar-refractivity contribution < 1.29 is 19.1 Å². The van der Waals surface area contributed by atoms with Gasteiger partial charge in [0.15, 0.2) is 0 Å². The van der Waals surface area contributed by atoms with Gasteiger partial charge >= 0.3 is 5.97 Å². The van der Waals surface area contributed by atoms with Crippen LogP contribution in [0.25, 0.3) is 11.0 Å². The van der Waals surface area contributed by atoms with Gasteiger partial charge in [0.1, 0.15) is 5.58 Å². The lowest BCUT2D eigenvalue weighted by Crippen LogP contribution is -2.35. The van der Waals surface area contributed by atoms with Crippen LogP contribution in [0.4, 0.5) is 0 Å². The lowest BCUT2D eigenvalue weighted by molar-refractivity contribution is -0.143. The molecule has 1 aliphatic carbocycles. The van der Waals surface area contributed by atoms with Crippen molar-refractivity contribution in [2.75, 3.05) is 6.54 Å². The zero-order chi connectivity index (χ0) is 17.5. The van der Waals surface area contributed by atoms with Gasteiger partial charge in [0, 0.05) is 17.5 Å². The van der Waals surface area contributed by atoms with Gasteiger partial charge in [-0.3, -0.25) is 9.59 Å². The van der Waals surface area contributed by atoms with Crippen LogP contribution >= 0.6 is 0 Å². The number of hydrogen-bond donors (Lipinski definition) is 2. The number of rotatable bonds is 6. The Bertz CT molecular complexity index is 799. The average Bonchev–Trinajstić information content (AvgIpc) is 3.22. The van der Waals surface area contributed by atoms with Crippen molar-refractivity contribution in [3.8, 4) is 0 Å². The number of aliphatic carboxylic acids is 1. The molecular weight excluding hydrogens is 306 g/mol. The molecule has 3 rings (SSSR count). The normalized spacial score (nSPS) is 15.7. The first-order valence-electron chi connectivity index (χ1n) is 8.33. The quantitative estimate of drug-likeness (QED) is 0.851. The number of carbonyl (C=O) groups excluding carboxylic acids is 1. The maximum atomic E-state index is 12.2. The van der Waals surface area contributed by atoms with Crippen molar-refractivity contribution in [1.82, 2.24) is 5.32 Å². The summed E-state index contributed by atoms with van der Waals surface area (Å²) < 4.78 is 5.59. The molecule has 1 fully saturated rings. The first kappa shape index (κ1) is 16.6. The zero-order valence-corrected chi connectivity index (χ0v) is 14.3. The van der Waals surface area contributed by atoms with Gasteiger partial charge in [-0.15, -0.1) is 0 Å². The highest BCUT2D eigenvalue weighted by molar-refractivity contribution is 5.89. The van der Waals surface area contributed by atoms with Crippen molar-refractivity contribution in [3.05, 3.63) is 35.1 Å². The minimum atomic E-state index is -0.825. The first-order chi connectivity index (χ1) is 11.3. The van der Waals surface area contributed by atoms with Crippen LogP contribution in [0.2, 0.25) is 0 Å². The van der Waals surface area contributed by atoms with Gasteiger partial charge < -0.3 is 14.8 Å². The van der Waals surface area contributed by atoms with E-state index in [4.69, 9.17) is 9.52 Å². The predicted octanol–water partition coefficient (Wildman–Crippen LogP) is 3.39. The number of amides is 1. The van der Waals surface area contributed by atoms with Crippen molar-refractivity contribution in [2.45, 2.75) is 46.0 Å². The van der Waals surface area contributed by atoms with Crippen molar-refractivity contribution in [2.24, 2.45) is 5.41 Å². The van der Waals surface area contributed by atoms with E-state index < -0.39 is 11.4 Å². The fraction of sp³-hybridized carbons (Fsp3) is 0.474. The number of benzene rings is 1. The van der Waals surface area contributed by atoms with Gasteiger partial charge in [0.05, 0.1) is 18.1 Å². The SMILES string of the molecule is Cc1cc2occ(CC(=O)NCC3(C(=O)O)CC3)c2cc1C(C)C. The Morgan fingerprint density at radius 1 is 1.33 bits per heavy atom. The van der Waals surface area contributed by atoms with E-state index in [2.05, 4.69) is 32.2 Å². The summed E-state index contributed by atoms with van der Waals surface area (Å²) in [5.41, 5.74) is 3.30. The number of carbonyl (C=O) groups is 2. The molecule has 0 radical (unpaired) electrons. The van der Waals surface area contributed by atoms with Gasteiger partial charge in [-0.25, -0.2) is 0 Å². The van der Waals surface area contributed by atoms with Gasteiger partial charge in [-0.05, 0) is 48.9 Å². The second kappa shape index (κ2) is 5.96. The number of aryl methyl sites for hydroxylation is 1. The Labute approximate surface area is 141 Å². The van der Waals surface area contributed by atoms with Crippen LogP contribution in [-0.4, -0.2) is 23.5 Å². The minimum Gasteiger partial charge on any atom is -0.481 e. The van der Waals surface area contributed by atoms with Gasteiger partial charge in [0.2, 0.25) is 5.91 Å². The van der Waals surface area contributed by atoms with E-state index in [1.54, 1.807) is 6.26 Å². The lowest BCUT2D eigenvalue weighted by atomic mass is 9.95. The highest BCUT2D eigenvalue weighted by atomic mass is 16.4. The molecule has 5 heteroatoms. The number of carboxylic acids is 1. The van der Waals surface area contributed by atoms with Crippen LogP contribution in [0.5, 0.6) is 0 Å². The highest BCUT2D eigenvalue weighted by Gasteiger charge is 2.50. The van der Waals surface area contributed by atoms with Crippen LogP contribution < -0.4 is 5.32 Å². The van der Waals surface area contributed by atoms with Gasteiger partial charge in [-0.1, -0.05) is 13.8 Å². The Morgan fingerprint density at radius 3 is 2.62 bits per heavy atom. The van der Waals surface area contributed by atoms with E-state index in [1.165, 1.54) is 11.1 Å². The number of hydrogen-bond acceptors (Lipinski definition) is 3. The van der Waals surface area contributed by atoms with Crippen LogP contribution in [0, 0.1) is 12.3 Å². The Morgan fingerprint density at radius 2 is 2.04 bits per heavy atom. The molecule has 0 bridgehead atoms. The van der Waals surface area contributed by atoms with E-state index in [0.717, 1.165) is 16.5 Å². The third-order valence-corrected chi connectivity index (χ3v) is 4.95. The van der Waals surface area contributed by atoms with E-state index in [-0.39, 0.29) is 18.9 Å². The van der Waals surface area contributed by atoms with E-state index in [1.807, 2.05) is 6.07 Å². The summed E-state index contributed by atoms with van der Waals surface area (Å²) >= 11 is 0. The number of fused-ring (bicyclic) bond motifs is 1. The van der Waals surface area contributed by atoms with E-state index >= 15 is 0 Å². The molecule has 1 aromatic heterocycles. The van der Waals surface area contributed by atoms with Crippen LogP contribution in [0.1, 0.15) is 49.3 Å². The summed E-state index contributed by atoms with van der Waals surface area (Å²) in [6, 6.07) is 4.11. The molecule has 1 aromatic carbocycles. The van der Waals surface area contributed by atoms with E-state index in [0.29, 0.717) is 18.8 Å². The Hall–Kier alpha value is -2.30. The number of nitrogens with one attached hydrogen (secondary N) is 1. The minimum absolute atomic E-state index is 0.170. The second-order valence-corrected chi connectivity index (χ2v) is 7.16. The molecule has 0 unspecified atom stereocenters. The van der Waals surface area contributed by atoms with Crippen LogP contribution in [0.15, 0.2) is 22.8 Å². The second-order valence-electron chi connectivity index (χ2n) is 7.16. The highest BCUT2D eigenvalue weighted by Crippen LogP contribution is 2.45. The van der Waals surface area contributed by atoms with Gasteiger partial charge in [-0.2, -0.15) is 0 Å². The molecule has 0 spiro atoms. The molecule has 1 saturated carbocycles. The summed E-state index contributed by atoms with van der Waals surface area (Å²) in [4.78, 5) is 23.3. The molecule has 1 aliphatic rings. The van der Waals surface area contributed by atoms with Gasteiger partial charge in [0.25, 0.3) is 0 Å². The van der Waals surface area contributed by atoms with Crippen molar-refractivity contribution >= 4 is 22.8 Å². The molecule has 5 nitrogen and oxygen atoms in total. The van der Waals surface area contributed by atoms with Crippen LogP contribution in [-0.2, 0) is 16.0 Å². The van der Waals surface area contributed by atoms with Crippen molar-refractivity contribution in [3.63, 3.8) is 0 Å². The lowest BCUT2D eigenvalue weighted by Gasteiger charge is -2.11. The fourth-order valence-electron chi connectivity index (χ4n) is 3.12. The largest absolute Gasteiger partial charge is 0.481 e. The molecule has 1 amide bonds. The van der Waals surface area contributed by atoms with Crippen LogP contribution in [0.3, 0.4) is 0 Å². The summed E-state index contributed by atoms with van der Waals surface area (Å²) in [6.07, 6.45) is 3.09. The van der Waals surface area contributed by atoms with Crippen molar-refractivity contribution in [1.29, 1.82) is 0 Å². The fourth-order valence-corrected chi connectivity index (χ4v) is 3.12. The third kappa shape index (κ3) is 3.03. The molecule has 2 aromatic rings. The molecule has 128 valence electrons. The molecule has 0 saturated heterocycles. The summed E-state index contributed by atoms with van der Waals surface area (Å²) in [5, 5.41) is 12.9. The van der Waals surface area contributed by atoms with E-state index in [9.17, 15) is 9.59 Å². The number of carboxylic acid groups (broad SMARTS) is 1.